The van der Waals surface area contributed by atoms with E-state index in [2.05, 4.69) is 20.8 Å². The van der Waals surface area contributed by atoms with E-state index in [0.717, 1.165) is 11.3 Å². The van der Waals surface area contributed by atoms with Crippen molar-refractivity contribution in [2.24, 2.45) is 0 Å². The molecule has 26 heavy (non-hydrogen) atoms. The third-order valence-electron chi connectivity index (χ3n) is 4.02. The van der Waals surface area contributed by atoms with E-state index in [-0.39, 0.29) is 28.7 Å². The molecule has 2 N–H and O–H groups in total. The molecule has 1 amide bonds. The standard InChI is InChI=1S/C16H20N4O3S3/c1-10-5-3-4-6-13(10)18-15-19-20-16(25-15)24-11(2)14(21)17-12-7-8-26(22,23)9-12/h3-6,11-12H,7-9H2,1-2H3,(H,17,21)(H,18,19)/t11-,12-/m1/s1. The van der Waals surface area contributed by atoms with Crippen LogP contribution in [-0.4, -0.2) is 47.3 Å². The number of carbonyl (C=O) groups is 1. The van der Waals surface area contributed by atoms with E-state index in [1.165, 1.54) is 23.1 Å². The average molecular weight is 413 g/mol. The molecule has 0 unspecified atom stereocenters. The van der Waals surface area contributed by atoms with Gasteiger partial charge in [0.15, 0.2) is 14.2 Å². The predicted molar refractivity (Wildman–Crippen MR) is 105 cm³/mol. The largest absolute Gasteiger partial charge is 0.351 e. The number of thioether (sulfide) groups is 1. The Labute approximate surface area is 160 Å². The number of aromatic nitrogens is 2. The summed E-state index contributed by atoms with van der Waals surface area (Å²) in [6, 6.07) is 7.60. The molecule has 2 heterocycles. The fourth-order valence-corrected chi connectivity index (χ4v) is 6.16. The Balaban J connectivity index is 1.55. The Morgan fingerprint density at radius 1 is 1.35 bits per heavy atom. The van der Waals surface area contributed by atoms with Crippen LogP contribution >= 0.6 is 23.1 Å². The number of nitrogens with zero attached hydrogens (tertiary/aromatic N) is 2. The molecule has 0 radical (unpaired) electrons. The maximum Gasteiger partial charge on any atom is 0.233 e. The summed E-state index contributed by atoms with van der Waals surface area (Å²) in [6.07, 6.45) is 0.481. The predicted octanol–water partition coefficient (Wildman–Crippen LogP) is 2.37. The van der Waals surface area contributed by atoms with E-state index >= 15 is 0 Å². The molecule has 1 saturated heterocycles. The van der Waals surface area contributed by atoms with E-state index in [4.69, 9.17) is 0 Å². The molecule has 0 spiro atoms. The van der Waals surface area contributed by atoms with Gasteiger partial charge in [-0.25, -0.2) is 8.42 Å². The van der Waals surface area contributed by atoms with Gasteiger partial charge in [0, 0.05) is 11.7 Å². The second-order valence-corrected chi connectivity index (χ2v) is 11.0. The SMILES string of the molecule is Cc1ccccc1Nc1nnc(S[C@H](C)C(=O)N[C@@H]2CCS(=O)(=O)C2)s1. The quantitative estimate of drug-likeness (QED) is 0.703. The highest BCUT2D eigenvalue weighted by Crippen LogP contribution is 2.31. The molecule has 0 bridgehead atoms. The third kappa shape index (κ3) is 4.95. The smallest absolute Gasteiger partial charge is 0.233 e. The Morgan fingerprint density at radius 2 is 2.12 bits per heavy atom. The highest BCUT2D eigenvalue weighted by Gasteiger charge is 2.30. The van der Waals surface area contributed by atoms with Crippen LogP contribution in [0.5, 0.6) is 0 Å². The lowest BCUT2D eigenvalue weighted by Gasteiger charge is -2.14. The van der Waals surface area contributed by atoms with Crippen LogP contribution in [0.15, 0.2) is 28.6 Å². The number of amides is 1. The van der Waals surface area contributed by atoms with Gasteiger partial charge in [-0.05, 0) is 31.9 Å². The van der Waals surface area contributed by atoms with Gasteiger partial charge >= 0.3 is 0 Å². The molecular weight excluding hydrogens is 392 g/mol. The molecule has 1 aromatic carbocycles. The van der Waals surface area contributed by atoms with Crippen LogP contribution in [0, 0.1) is 6.92 Å². The third-order valence-corrected chi connectivity index (χ3v) is 7.81. The number of hydrogen-bond donors (Lipinski definition) is 2. The molecular formula is C16H20N4O3S3. The highest BCUT2D eigenvalue weighted by molar-refractivity contribution is 8.02. The van der Waals surface area contributed by atoms with Crippen molar-refractivity contribution in [1.29, 1.82) is 0 Å². The second kappa shape index (κ2) is 7.93. The van der Waals surface area contributed by atoms with Crippen molar-refractivity contribution >= 4 is 49.7 Å². The zero-order valence-corrected chi connectivity index (χ0v) is 16.9. The van der Waals surface area contributed by atoms with Gasteiger partial charge in [0.2, 0.25) is 11.0 Å². The van der Waals surface area contributed by atoms with Crippen LogP contribution in [0.2, 0.25) is 0 Å². The molecule has 140 valence electrons. The fraction of sp³-hybridized carbons (Fsp3) is 0.438. The number of nitrogens with one attached hydrogen (secondary N) is 2. The minimum atomic E-state index is -3.01. The van der Waals surface area contributed by atoms with Crippen LogP contribution in [0.4, 0.5) is 10.8 Å². The van der Waals surface area contributed by atoms with E-state index in [9.17, 15) is 13.2 Å². The van der Waals surface area contributed by atoms with Gasteiger partial charge in [-0.15, -0.1) is 10.2 Å². The summed E-state index contributed by atoms with van der Waals surface area (Å²) in [5.74, 6) is -0.0100. The van der Waals surface area contributed by atoms with Crippen LogP contribution in [0.1, 0.15) is 18.9 Å². The lowest BCUT2D eigenvalue weighted by molar-refractivity contribution is -0.120. The maximum absolute atomic E-state index is 12.3. The summed E-state index contributed by atoms with van der Waals surface area (Å²) in [6.45, 7) is 3.79. The molecule has 7 nitrogen and oxygen atoms in total. The van der Waals surface area contributed by atoms with Crippen LogP contribution in [0.3, 0.4) is 0 Å². The van der Waals surface area contributed by atoms with Crippen LogP contribution < -0.4 is 10.6 Å². The normalized spacial score (nSPS) is 19.8. The first-order chi connectivity index (χ1) is 12.3. The van der Waals surface area contributed by atoms with Gasteiger partial charge in [-0.3, -0.25) is 4.79 Å². The molecule has 1 aliphatic rings. The monoisotopic (exact) mass is 412 g/mol. The van der Waals surface area contributed by atoms with Crippen molar-refractivity contribution in [2.45, 2.75) is 35.9 Å². The summed E-state index contributed by atoms with van der Waals surface area (Å²) < 4.78 is 23.6. The second-order valence-electron chi connectivity index (χ2n) is 6.18. The van der Waals surface area contributed by atoms with E-state index in [1.54, 1.807) is 6.92 Å². The molecule has 0 aliphatic carbocycles. The first kappa shape index (κ1) is 19.1. The fourth-order valence-electron chi connectivity index (χ4n) is 2.57. The number of rotatable bonds is 6. The first-order valence-electron chi connectivity index (χ1n) is 8.16. The first-order valence-corrected chi connectivity index (χ1v) is 11.7. The van der Waals surface area contributed by atoms with Crippen molar-refractivity contribution in [2.75, 3.05) is 16.8 Å². The molecule has 10 heteroatoms. The lowest BCUT2D eigenvalue weighted by Crippen LogP contribution is -2.39. The van der Waals surface area contributed by atoms with E-state index in [0.29, 0.717) is 15.9 Å². The van der Waals surface area contributed by atoms with Gasteiger partial charge in [0.25, 0.3) is 0 Å². The number of sulfone groups is 1. The Bertz CT molecular complexity index is 898. The minimum absolute atomic E-state index is 0.0272. The number of para-hydroxylation sites is 1. The summed E-state index contributed by atoms with van der Waals surface area (Å²) in [7, 11) is -3.01. The zero-order valence-electron chi connectivity index (χ0n) is 14.4. The Kier molecular flexibility index (Phi) is 5.83. The molecule has 0 saturated carbocycles. The number of carbonyl (C=O) groups excluding carboxylic acids is 1. The average Bonchev–Trinajstić information content (AvgIpc) is 3.15. The van der Waals surface area contributed by atoms with Gasteiger partial charge in [-0.1, -0.05) is 41.3 Å². The summed E-state index contributed by atoms with van der Waals surface area (Å²) in [5.41, 5.74) is 2.07. The van der Waals surface area contributed by atoms with Crippen molar-refractivity contribution in [3.8, 4) is 0 Å². The molecule has 1 aliphatic heterocycles. The van der Waals surface area contributed by atoms with Gasteiger partial charge in [-0.2, -0.15) is 0 Å². The highest BCUT2D eigenvalue weighted by atomic mass is 32.2. The topological polar surface area (TPSA) is 101 Å². The van der Waals surface area contributed by atoms with Gasteiger partial charge in [0.1, 0.15) is 0 Å². The van der Waals surface area contributed by atoms with E-state index in [1.807, 2.05) is 31.2 Å². The number of benzene rings is 1. The van der Waals surface area contributed by atoms with Gasteiger partial charge in [0.05, 0.1) is 16.8 Å². The Morgan fingerprint density at radius 3 is 2.81 bits per heavy atom. The van der Waals surface area contributed by atoms with E-state index < -0.39 is 9.84 Å². The van der Waals surface area contributed by atoms with Crippen LogP contribution in [-0.2, 0) is 14.6 Å². The maximum atomic E-state index is 12.3. The summed E-state index contributed by atoms with van der Waals surface area (Å²) >= 11 is 2.69. The van der Waals surface area contributed by atoms with Crippen molar-refractivity contribution < 1.29 is 13.2 Å². The number of hydrogen-bond acceptors (Lipinski definition) is 8. The zero-order chi connectivity index (χ0) is 18.7. The van der Waals surface area contributed by atoms with Crippen LogP contribution in [0.25, 0.3) is 0 Å². The summed E-state index contributed by atoms with van der Waals surface area (Å²) in [5, 5.41) is 14.5. The molecule has 2 aromatic rings. The lowest BCUT2D eigenvalue weighted by atomic mass is 10.2. The number of anilines is 2. The van der Waals surface area contributed by atoms with Crippen molar-refractivity contribution in [3.05, 3.63) is 29.8 Å². The molecule has 1 fully saturated rings. The molecule has 2 atom stereocenters. The molecule has 3 rings (SSSR count). The van der Waals surface area contributed by atoms with Crippen molar-refractivity contribution in [1.82, 2.24) is 15.5 Å². The van der Waals surface area contributed by atoms with Crippen molar-refractivity contribution in [3.63, 3.8) is 0 Å². The van der Waals surface area contributed by atoms with Gasteiger partial charge < -0.3 is 10.6 Å². The Hall–Kier alpha value is -1.65. The summed E-state index contributed by atoms with van der Waals surface area (Å²) in [4.78, 5) is 12.3. The molecule has 1 aromatic heterocycles. The minimum Gasteiger partial charge on any atom is -0.351 e. The number of aryl methyl sites for hydroxylation is 1.